The highest BCUT2D eigenvalue weighted by Gasteiger charge is 2.03. The summed E-state index contributed by atoms with van der Waals surface area (Å²) in [5.74, 6) is 0.260. The first-order valence-corrected chi connectivity index (χ1v) is 3.95. The summed E-state index contributed by atoms with van der Waals surface area (Å²) in [6.07, 6.45) is 0. The van der Waals surface area contributed by atoms with Gasteiger partial charge in [-0.05, 0) is 5.92 Å². The Bertz CT molecular complexity index is 127. The fourth-order valence-corrected chi connectivity index (χ4v) is 0.814. The van der Waals surface area contributed by atoms with Gasteiger partial charge in [0.2, 0.25) is 5.91 Å². The molecule has 0 radical (unpaired) electrons. The van der Waals surface area contributed by atoms with Gasteiger partial charge in [0, 0.05) is 20.8 Å². The van der Waals surface area contributed by atoms with E-state index in [2.05, 4.69) is 10.1 Å². The van der Waals surface area contributed by atoms with E-state index in [1.54, 1.807) is 7.11 Å². The van der Waals surface area contributed by atoms with Crippen molar-refractivity contribution in [3.8, 4) is 0 Å². The minimum absolute atomic E-state index is 0.0829. The summed E-state index contributed by atoms with van der Waals surface area (Å²) in [5, 5.41) is 2.72. The Hall–Kier alpha value is -0.610. The van der Waals surface area contributed by atoms with Gasteiger partial charge in [-0.25, -0.2) is 0 Å². The largest absolute Gasteiger partial charge is 0.384 e. The van der Waals surface area contributed by atoms with Gasteiger partial charge in [-0.15, -0.1) is 0 Å². The van der Waals surface area contributed by atoms with E-state index in [0.29, 0.717) is 19.1 Å². The third-order valence-corrected chi connectivity index (χ3v) is 1.37. The molecule has 0 saturated heterocycles. The zero-order valence-electron chi connectivity index (χ0n) is 7.92. The number of nitrogens with one attached hydrogen (secondary N) is 1. The zero-order valence-corrected chi connectivity index (χ0v) is 7.92. The first-order valence-electron chi connectivity index (χ1n) is 3.95. The second kappa shape index (κ2) is 7.06. The number of methoxy groups -OCH3 is 2. The van der Waals surface area contributed by atoms with Crippen LogP contribution in [0.3, 0.4) is 0 Å². The van der Waals surface area contributed by atoms with Crippen LogP contribution in [0, 0.1) is 5.92 Å². The lowest BCUT2D eigenvalue weighted by atomic mass is 10.2. The van der Waals surface area contributed by atoms with E-state index in [1.807, 2.05) is 6.92 Å². The van der Waals surface area contributed by atoms with Gasteiger partial charge in [0.15, 0.2) is 0 Å². The van der Waals surface area contributed by atoms with Crippen LogP contribution in [0.5, 0.6) is 0 Å². The third kappa shape index (κ3) is 6.12. The number of carbonyl (C=O) groups excluding carboxylic acids is 1. The molecule has 0 rings (SSSR count). The first kappa shape index (κ1) is 11.4. The van der Waals surface area contributed by atoms with Gasteiger partial charge in [0.25, 0.3) is 0 Å². The third-order valence-electron chi connectivity index (χ3n) is 1.37. The van der Waals surface area contributed by atoms with Gasteiger partial charge < -0.3 is 14.8 Å². The lowest BCUT2D eigenvalue weighted by molar-refractivity contribution is -0.124. The number of carbonyl (C=O) groups is 1. The first-order chi connectivity index (χ1) is 5.70. The Balaban J connectivity index is 3.33. The van der Waals surface area contributed by atoms with Crippen LogP contribution in [-0.4, -0.2) is 39.9 Å². The predicted octanol–water partition coefficient (Wildman–Crippen LogP) is 0.0315. The fraction of sp³-hybridized carbons (Fsp3) is 0.875. The van der Waals surface area contributed by atoms with Crippen molar-refractivity contribution in [1.29, 1.82) is 0 Å². The van der Waals surface area contributed by atoms with Gasteiger partial charge in [-0.1, -0.05) is 6.92 Å². The summed E-state index contributed by atoms with van der Waals surface area (Å²) in [4.78, 5) is 10.9. The molecule has 1 N–H and O–H groups in total. The Morgan fingerprint density at radius 1 is 1.42 bits per heavy atom. The Labute approximate surface area is 73.2 Å². The molecule has 1 atom stereocenters. The topological polar surface area (TPSA) is 47.6 Å². The molecule has 12 heavy (non-hydrogen) atoms. The van der Waals surface area contributed by atoms with E-state index in [1.165, 1.54) is 7.11 Å². The van der Waals surface area contributed by atoms with Crippen LogP contribution in [0.4, 0.5) is 0 Å². The average Bonchev–Trinajstić information content (AvgIpc) is 2.02. The van der Waals surface area contributed by atoms with Crippen molar-refractivity contribution in [3.05, 3.63) is 0 Å². The van der Waals surface area contributed by atoms with Gasteiger partial charge >= 0.3 is 0 Å². The molecule has 72 valence electrons. The van der Waals surface area contributed by atoms with E-state index in [0.717, 1.165) is 0 Å². The lowest BCUT2D eigenvalue weighted by Gasteiger charge is -2.10. The quantitative estimate of drug-likeness (QED) is 0.619. The minimum atomic E-state index is -0.0829. The Morgan fingerprint density at radius 3 is 2.58 bits per heavy atom. The molecule has 1 amide bonds. The van der Waals surface area contributed by atoms with Gasteiger partial charge in [-0.2, -0.15) is 0 Å². The number of rotatable bonds is 6. The smallest absolute Gasteiger partial charge is 0.245 e. The number of hydrogen-bond donors (Lipinski definition) is 1. The SMILES string of the molecule is COCC(=O)NCC(C)COC. The summed E-state index contributed by atoms with van der Waals surface area (Å²) in [6.45, 7) is 3.43. The van der Waals surface area contributed by atoms with Gasteiger partial charge in [0.1, 0.15) is 6.61 Å². The molecule has 0 spiro atoms. The lowest BCUT2D eigenvalue weighted by Crippen LogP contribution is -2.32. The van der Waals surface area contributed by atoms with Crippen LogP contribution in [-0.2, 0) is 14.3 Å². The fourth-order valence-electron chi connectivity index (χ4n) is 0.814. The van der Waals surface area contributed by atoms with Gasteiger partial charge in [0.05, 0.1) is 6.61 Å². The van der Waals surface area contributed by atoms with Crippen LogP contribution < -0.4 is 5.32 Å². The zero-order chi connectivity index (χ0) is 9.40. The molecule has 0 heterocycles. The molecule has 0 aliphatic carbocycles. The van der Waals surface area contributed by atoms with Crippen molar-refractivity contribution in [1.82, 2.24) is 5.32 Å². The van der Waals surface area contributed by atoms with Crippen LogP contribution >= 0.6 is 0 Å². The van der Waals surface area contributed by atoms with E-state index in [9.17, 15) is 4.79 Å². The van der Waals surface area contributed by atoms with Crippen molar-refractivity contribution in [2.75, 3.05) is 34.0 Å². The van der Waals surface area contributed by atoms with E-state index < -0.39 is 0 Å². The van der Waals surface area contributed by atoms with Crippen molar-refractivity contribution in [2.45, 2.75) is 6.92 Å². The average molecular weight is 175 g/mol. The number of amides is 1. The van der Waals surface area contributed by atoms with E-state index in [4.69, 9.17) is 4.74 Å². The molecule has 0 aromatic heterocycles. The standard InChI is InChI=1S/C8H17NO3/c1-7(5-11-2)4-9-8(10)6-12-3/h7H,4-6H2,1-3H3,(H,9,10). The molecule has 0 aliphatic heterocycles. The highest BCUT2D eigenvalue weighted by atomic mass is 16.5. The molecule has 0 aliphatic rings. The Morgan fingerprint density at radius 2 is 2.08 bits per heavy atom. The molecule has 0 aromatic carbocycles. The molecule has 0 bridgehead atoms. The number of ether oxygens (including phenoxy) is 2. The van der Waals surface area contributed by atoms with E-state index >= 15 is 0 Å². The maximum absolute atomic E-state index is 10.9. The Kier molecular flexibility index (Phi) is 6.70. The van der Waals surface area contributed by atoms with Gasteiger partial charge in [-0.3, -0.25) is 4.79 Å². The van der Waals surface area contributed by atoms with Crippen molar-refractivity contribution >= 4 is 5.91 Å². The molecular formula is C8H17NO3. The molecule has 4 nitrogen and oxygen atoms in total. The second-order valence-corrected chi connectivity index (χ2v) is 2.80. The van der Waals surface area contributed by atoms with Crippen LogP contribution in [0.25, 0.3) is 0 Å². The molecule has 0 saturated carbocycles. The summed E-state index contributed by atoms with van der Waals surface area (Å²) in [6, 6.07) is 0. The van der Waals surface area contributed by atoms with Crippen molar-refractivity contribution < 1.29 is 14.3 Å². The number of hydrogen-bond acceptors (Lipinski definition) is 3. The highest BCUT2D eigenvalue weighted by Crippen LogP contribution is 1.91. The maximum Gasteiger partial charge on any atom is 0.245 e. The van der Waals surface area contributed by atoms with Crippen molar-refractivity contribution in [3.63, 3.8) is 0 Å². The van der Waals surface area contributed by atoms with E-state index in [-0.39, 0.29) is 12.5 Å². The molecule has 1 unspecified atom stereocenters. The van der Waals surface area contributed by atoms with Crippen molar-refractivity contribution in [2.24, 2.45) is 5.92 Å². The monoisotopic (exact) mass is 175 g/mol. The summed E-state index contributed by atoms with van der Waals surface area (Å²) >= 11 is 0. The summed E-state index contributed by atoms with van der Waals surface area (Å²) in [5.41, 5.74) is 0. The van der Waals surface area contributed by atoms with Crippen LogP contribution in [0.15, 0.2) is 0 Å². The summed E-state index contributed by atoms with van der Waals surface area (Å²) < 4.78 is 9.57. The van der Waals surface area contributed by atoms with Crippen LogP contribution in [0.1, 0.15) is 6.92 Å². The molecule has 0 aromatic rings. The molecular weight excluding hydrogens is 158 g/mol. The highest BCUT2D eigenvalue weighted by molar-refractivity contribution is 5.77. The molecule has 0 fully saturated rings. The second-order valence-electron chi connectivity index (χ2n) is 2.80. The predicted molar refractivity (Wildman–Crippen MR) is 45.9 cm³/mol. The molecule has 4 heteroatoms. The van der Waals surface area contributed by atoms with Crippen LogP contribution in [0.2, 0.25) is 0 Å². The minimum Gasteiger partial charge on any atom is -0.384 e. The normalized spacial score (nSPS) is 12.6. The summed E-state index contributed by atoms with van der Waals surface area (Å²) in [7, 11) is 3.14. The maximum atomic E-state index is 10.9.